The maximum Gasteiger partial charge on any atom is 0.157 e. The van der Waals surface area contributed by atoms with Gasteiger partial charge in [0.2, 0.25) is 0 Å². The molecule has 2 rings (SSSR count). The van der Waals surface area contributed by atoms with E-state index in [1.807, 2.05) is 25.8 Å². The molecule has 0 radical (unpaired) electrons. The molecule has 0 bridgehead atoms. The maximum absolute atomic E-state index is 10.2. The van der Waals surface area contributed by atoms with Crippen molar-refractivity contribution in [2.24, 2.45) is 0 Å². The van der Waals surface area contributed by atoms with Gasteiger partial charge in [-0.2, -0.15) is 0 Å². The molecule has 1 unspecified atom stereocenters. The van der Waals surface area contributed by atoms with Crippen LogP contribution in [0.15, 0.2) is 4.52 Å². The summed E-state index contributed by atoms with van der Waals surface area (Å²) in [6.45, 7) is 8.35. The summed E-state index contributed by atoms with van der Waals surface area (Å²) in [5.41, 5.74) is 1.83. The summed E-state index contributed by atoms with van der Waals surface area (Å²) in [6.07, 6.45) is -0.392. The molecule has 2 heterocycles. The number of likely N-dealkylation sites (N-methyl/N-ethyl adjacent to an activating group) is 1. The van der Waals surface area contributed by atoms with Crippen molar-refractivity contribution in [3.63, 3.8) is 0 Å². The first kappa shape index (κ1) is 14.3. The van der Waals surface area contributed by atoms with Crippen molar-refractivity contribution in [1.29, 1.82) is 0 Å². The predicted molar refractivity (Wildman–Crippen MR) is 72.5 cm³/mol. The van der Waals surface area contributed by atoms with E-state index in [-0.39, 0.29) is 0 Å². The first-order valence-corrected chi connectivity index (χ1v) is 6.70. The topological polar surface area (TPSA) is 62.0 Å². The lowest BCUT2D eigenvalue weighted by Crippen LogP contribution is -2.44. The van der Waals surface area contributed by atoms with E-state index in [1.165, 1.54) is 0 Å². The minimum absolute atomic E-state index is 0.392. The molecule has 0 aliphatic carbocycles. The summed E-state index contributed by atoms with van der Waals surface area (Å²) in [7, 11) is 1.95. The van der Waals surface area contributed by atoms with Gasteiger partial charge < -0.3 is 19.3 Å². The number of β-amino-alcohol motifs (C(OH)–C–C–N with tert-alkyl or cyclic N) is 1. The van der Waals surface area contributed by atoms with E-state index in [0.717, 1.165) is 43.4 Å². The van der Waals surface area contributed by atoms with Crippen LogP contribution in [0.5, 0.6) is 0 Å². The van der Waals surface area contributed by atoms with Gasteiger partial charge in [0.25, 0.3) is 0 Å². The summed E-state index contributed by atoms with van der Waals surface area (Å²) >= 11 is 0. The Morgan fingerprint density at radius 2 is 2.05 bits per heavy atom. The molecule has 0 amide bonds. The monoisotopic (exact) mass is 269 g/mol. The number of nitrogens with zero attached hydrogens (tertiary/aromatic N) is 3. The smallest absolute Gasteiger partial charge is 0.157 e. The van der Waals surface area contributed by atoms with E-state index >= 15 is 0 Å². The summed E-state index contributed by atoms with van der Waals surface area (Å²) in [6, 6.07) is 0. The van der Waals surface area contributed by atoms with E-state index in [2.05, 4.69) is 10.1 Å². The fraction of sp³-hybridized carbons (Fsp3) is 0.769. The first-order valence-electron chi connectivity index (χ1n) is 6.70. The number of aromatic nitrogens is 1. The van der Waals surface area contributed by atoms with Crippen LogP contribution in [0.2, 0.25) is 0 Å². The third-order valence-corrected chi connectivity index (χ3v) is 3.43. The van der Waals surface area contributed by atoms with Gasteiger partial charge in [-0.15, -0.1) is 0 Å². The second kappa shape index (κ2) is 6.36. The molecule has 1 fully saturated rings. The van der Waals surface area contributed by atoms with Gasteiger partial charge in [0.1, 0.15) is 11.4 Å². The molecule has 6 nitrogen and oxygen atoms in total. The minimum atomic E-state index is -0.392. The van der Waals surface area contributed by atoms with E-state index < -0.39 is 6.10 Å². The Labute approximate surface area is 113 Å². The van der Waals surface area contributed by atoms with Crippen LogP contribution in [0.1, 0.15) is 11.5 Å². The molecular formula is C13H23N3O3. The van der Waals surface area contributed by atoms with Gasteiger partial charge in [-0.1, -0.05) is 5.16 Å². The van der Waals surface area contributed by atoms with Gasteiger partial charge in [-0.05, 0) is 13.8 Å². The fourth-order valence-electron chi connectivity index (χ4n) is 2.57. The Morgan fingerprint density at radius 1 is 1.37 bits per heavy atom. The Kier molecular flexibility index (Phi) is 4.79. The van der Waals surface area contributed by atoms with Crippen molar-refractivity contribution in [3.8, 4) is 0 Å². The highest BCUT2D eigenvalue weighted by Gasteiger charge is 2.19. The van der Waals surface area contributed by atoms with Gasteiger partial charge in [-0.3, -0.25) is 4.90 Å². The van der Waals surface area contributed by atoms with Gasteiger partial charge >= 0.3 is 0 Å². The molecule has 0 spiro atoms. The largest absolute Gasteiger partial charge is 0.390 e. The molecule has 0 aromatic carbocycles. The third kappa shape index (κ3) is 3.68. The second-order valence-electron chi connectivity index (χ2n) is 5.12. The number of ether oxygens (including phenoxy) is 1. The minimum Gasteiger partial charge on any atom is -0.390 e. The van der Waals surface area contributed by atoms with Crippen molar-refractivity contribution in [2.45, 2.75) is 20.0 Å². The van der Waals surface area contributed by atoms with Crippen molar-refractivity contribution in [1.82, 2.24) is 10.1 Å². The molecule has 1 atom stereocenters. The van der Waals surface area contributed by atoms with E-state index in [0.29, 0.717) is 13.1 Å². The molecule has 1 aliphatic heterocycles. The predicted octanol–water partition coefficient (Wildman–Crippen LogP) is 0.421. The van der Waals surface area contributed by atoms with Crippen LogP contribution in [-0.2, 0) is 4.74 Å². The number of morpholine rings is 1. The molecule has 1 aromatic rings. The molecular weight excluding hydrogens is 246 g/mol. The van der Waals surface area contributed by atoms with E-state index in [9.17, 15) is 5.11 Å². The Morgan fingerprint density at radius 3 is 2.63 bits per heavy atom. The zero-order valence-electron chi connectivity index (χ0n) is 11.9. The highest BCUT2D eigenvalue weighted by atomic mass is 16.5. The average Bonchev–Trinajstić information content (AvgIpc) is 2.70. The summed E-state index contributed by atoms with van der Waals surface area (Å²) < 4.78 is 10.4. The van der Waals surface area contributed by atoms with Gasteiger partial charge in [0.15, 0.2) is 5.76 Å². The Balaban J connectivity index is 1.86. The number of aliphatic hydroxyl groups excluding tert-OH is 1. The van der Waals surface area contributed by atoms with Crippen LogP contribution in [0.4, 0.5) is 5.69 Å². The summed E-state index contributed by atoms with van der Waals surface area (Å²) in [5.74, 6) is 0.790. The van der Waals surface area contributed by atoms with Crippen molar-refractivity contribution in [3.05, 3.63) is 11.5 Å². The molecule has 19 heavy (non-hydrogen) atoms. The van der Waals surface area contributed by atoms with Crippen molar-refractivity contribution >= 4 is 5.69 Å². The van der Waals surface area contributed by atoms with E-state index in [1.54, 1.807) is 0 Å². The van der Waals surface area contributed by atoms with Gasteiger partial charge in [0, 0.05) is 33.2 Å². The molecule has 108 valence electrons. The van der Waals surface area contributed by atoms with Gasteiger partial charge in [-0.25, -0.2) is 0 Å². The third-order valence-electron chi connectivity index (χ3n) is 3.43. The van der Waals surface area contributed by atoms with Crippen LogP contribution in [0.25, 0.3) is 0 Å². The molecule has 1 aliphatic rings. The Hall–Kier alpha value is -1.11. The quantitative estimate of drug-likeness (QED) is 0.836. The van der Waals surface area contributed by atoms with Crippen LogP contribution in [-0.4, -0.2) is 67.7 Å². The average molecular weight is 269 g/mol. The van der Waals surface area contributed by atoms with Crippen LogP contribution in [0, 0.1) is 13.8 Å². The van der Waals surface area contributed by atoms with Crippen LogP contribution < -0.4 is 4.90 Å². The highest BCUT2D eigenvalue weighted by Crippen LogP contribution is 2.22. The SMILES string of the molecule is Cc1noc(C)c1N(C)CC(O)CN1CCOCC1. The second-order valence-corrected chi connectivity index (χ2v) is 5.12. The number of aryl methyl sites for hydroxylation is 2. The first-order chi connectivity index (χ1) is 9.08. The molecule has 1 aromatic heterocycles. The number of rotatable bonds is 5. The highest BCUT2D eigenvalue weighted by molar-refractivity contribution is 5.52. The standard InChI is InChI=1S/C13H23N3O3/c1-10-13(11(2)19-14-10)15(3)8-12(17)9-16-4-6-18-7-5-16/h12,17H,4-9H2,1-3H3. The summed E-state index contributed by atoms with van der Waals surface area (Å²) in [4.78, 5) is 4.24. The summed E-state index contributed by atoms with van der Waals surface area (Å²) in [5, 5.41) is 14.1. The molecule has 0 saturated carbocycles. The van der Waals surface area contributed by atoms with Crippen molar-refractivity contribution in [2.75, 3.05) is 51.3 Å². The van der Waals surface area contributed by atoms with Crippen LogP contribution >= 0.6 is 0 Å². The Bertz CT molecular complexity index is 382. The fourth-order valence-corrected chi connectivity index (χ4v) is 2.57. The van der Waals surface area contributed by atoms with Crippen molar-refractivity contribution < 1.29 is 14.4 Å². The molecule has 1 saturated heterocycles. The van der Waals surface area contributed by atoms with Gasteiger partial charge in [0.05, 0.1) is 19.3 Å². The lowest BCUT2D eigenvalue weighted by Gasteiger charge is -2.30. The lowest BCUT2D eigenvalue weighted by atomic mass is 10.2. The normalized spacial score (nSPS) is 18.5. The van der Waals surface area contributed by atoms with Crippen LogP contribution in [0.3, 0.4) is 0 Å². The zero-order chi connectivity index (χ0) is 13.8. The lowest BCUT2D eigenvalue weighted by molar-refractivity contribution is 0.0162. The number of hydrogen-bond acceptors (Lipinski definition) is 6. The maximum atomic E-state index is 10.2. The molecule has 6 heteroatoms. The zero-order valence-corrected chi connectivity index (χ0v) is 11.9. The number of aliphatic hydroxyl groups is 1. The number of anilines is 1. The van der Waals surface area contributed by atoms with E-state index in [4.69, 9.17) is 9.26 Å². The molecule has 1 N–H and O–H groups in total. The number of hydrogen-bond donors (Lipinski definition) is 1.